The van der Waals surface area contributed by atoms with Crippen LogP contribution in [0.15, 0.2) is 54.2 Å². The minimum atomic E-state index is -1.35. The van der Waals surface area contributed by atoms with Crippen molar-refractivity contribution in [2.75, 3.05) is 0 Å². The van der Waals surface area contributed by atoms with Crippen molar-refractivity contribution in [2.45, 2.75) is 50.7 Å². The molecule has 7 atom stereocenters. The Morgan fingerprint density at radius 1 is 1.12 bits per heavy atom. The summed E-state index contributed by atoms with van der Waals surface area (Å²) in [7, 11) is 0. The Balaban J connectivity index is 1.68. The third-order valence-electron chi connectivity index (χ3n) is 8.37. The SMILES string of the molecule is CC1=C[C@@H]2c3cc(O)ccc3O[C@@]3(C1)C(=O)[C@H]1[C@@H](C(=O)[C@@]23/C=C\C(C)(C)O)[C@H]2C=C[C@@H]1C2. The molecule has 1 aromatic rings. The van der Waals surface area contributed by atoms with E-state index in [2.05, 4.69) is 18.2 Å². The van der Waals surface area contributed by atoms with Crippen molar-refractivity contribution in [3.63, 3.8) is 0 Å². The van der Waals surface area contributed by atoms with Gasteiger partial charge in [0.25, 0.3) is 0 Å². The van der Waals surface area contributed by atoms with Gasteiger partial charge in [0.05, 0.1) is 5.60 Å². The number of allylic oxidation sites excluding steroid dienone is 3. The molecule has 32 heavy (non-hydrogen) atoms. The van der Waals surface area contributed by atoms with Crippen molar-refractivity contribution in [1.29, 1.82) is 0 Å². The lowest BCUT2D eigenvalue weighted by Gasteiger charge is -2.61. The third kappa shape index (κ3) is 2.27. The van der Waals surface area contributed by atoms with Crippen LogP contribution in [0, 0.1) is 29.1 Å². The lowest BCUT2D eigenvalue weighted by molar-refractivity contribution is -0.177. The maximum atomic E-state index is 14.5. The van der Waals surface area contributed by atoms with Crippen molar-refractivity contribution in [3.05, 3.63) is 59.7 Å². The topological polar surface area (TPSA) is 83.8 Å². The van der Waals surface area contributed by atoms with E-state index in [0.29, 0.717) is 17.7 Å². The van der Waals surface area contributed by atoms with E-state index in [-0.39, 0.29) is 41.0 Å². The van der Waals surface area contributed by atoms with Gasteiger partial charge in [0, 0.05) is 29.7 Å². The molecule has 5 aliphatic rings. The molecular formula is C27H28O5. The van der Waals surface area contributed by atoms with Crippen molar-refractivity contribution in [1.82, 2.24) is 0 Å². The zero-order valence-corrected chi connectivity index (χ0v) is 18.5. The summed E-state index contributed by atoms with van der Waals surface area (Å²) in [5.74, 6) is -0.344. The van der Waals surface area contributed by atoms with Crippen LogP contribution in [0.1, 0.15) is 45.1 Å². The molecule has 1 heterocycles. The molecule has 5 nitrogen and oxygen atoms in total. The molecule has 1 aliphatic heterocycles. The number of phenols is 1. The average molecular weight is 433 g/mol. The van der Waals surface area contributed by atoms with Gasteiger partial charge in [-0.25, -0.2) is 0 Å². The van der Waals surface area contributed by atoms with Gasteiger partial charge in [0.1, 0.15) is 16.9 Å². The summed E-state index contributed by atoms with van der Waals surface area (Å²) in [6, 6.07) is 4.89. The van der Waals surface area contributed by atoms with Crippen LogP contribution in [0.4, 0.5) is 0 Å². The van der Waals surface area contributed by atoms with Crippen LogP contribution in [0.25, 0.3) is 0 Å². The quantitative estimate of drug-likeness (QED) is 0.694. The molecule has 4 bridgehead atoms. The Bertz CT molecular complexity index is 1150. The highest BCUT2D eigenvalue weighted by molar-refractivity contribution is 6.10. The fraction of sp³-hybridized carbons (Fsp3) is 0.481. The predicted octanol–water partition coefficient (Wildman–Crippen LogP) is 3.86. The van der Waals surface area contributed by atoms with Crippen molar-refractivity contribution in [2.24, 2.45) is 29.1 Å². The lowest BCUT2D eigenvalue weighted by atomic mass is 9.44. The zero-order chi connectivity index (χ0) is 22.6. The number of benzene rings is 1. The number of rotatable bonds is 2. The van der Waals surface area contributed by atoms with E-state index in [1.54, 1.807) is 44.2 Å². The molecular weight excluding hydrogens is 404 g/mol. The summed E-state index contributed by atoms with van der Waals surface area (Å²) < 4.78 is 6.61. The fourth-order valence-electron chi connectivity index (χ4n) is 7.21. The van der Waals surface area contributed by atoms with Crippen molar-refractivity contribution in [3.8, 4) is 11.5 Å². The Kier molecular flexibility index (Phi) is 3.76. The second kappa shape index (κ2) is 6.02. The highest BCUT2D eigenvalue weighted by Crippen LogP contribution is 2.68. The molecule has 0 amide bonds. The van der Waals surface area contributed by atoms with Gasteiger partial charge in [-0.1, -0.05) is 36.0 Å². The van der Waals surface area contributed by atoms with Crippen molar-refractivity contribution < 1.29 is 24.5 Å². The van der Waals surface area contributed by atoms with Gasteiger partial charge in [-0.2, -0.15) is 0 Å². The molecule has 4 aliphatic carbocycles. The van der Waals surface area contributed by atoms with Gasteiger partial charge in [-0.3, -0.25) is 9.59 Å². The number of Topliss-reactive ketones (excluding diaryl/α,β-unsaturated/α-hetero) is 2. The van der Waals surface area contributed by atoms with E-state index in [9.17, 15) is 19.8 Å². The number of hydrogen-bond donors (Lipinski definition) is 2. The highest BCUT2D eigenvalue weighted by Gasteiger charge is 2.76. The van der Waals surface area contributed by atoms with Gasteiger partial charge in [-0.15, -0.1) is 0 Å². The molecule has 0 spiro atoms. The first-order chi connectivity index (χ1) is 15.1. The molecule has 0 saturated heterocycles. The van der Waals surface area contributed by atoms with Crippen LogP contribution in [0.2, 0.25) is 0 Å². The summed E-state index contributed by atoms with van der Waals surface area (Å²) in [6.45, 7) is 5.29. The smallest absolute Gasteiger partial charge is 0.187 e. The number of carbonyl (C=O) groups excluding carboxylic acids is 2. The Morgan fingerprint density at radius 3 is 2.50 bits per heavy atom. The first-order valence-corrected chi connectivity index (χ1v) is 11.5. The lowest BCUT2D eigenvalue weighted by Crippen LogP contribution is -2.73. The molecule has 0 radical (unpaired) electrons. The molecule has 2 fully saturated rings. The maximum absolute atomic E-state index is 14.5. The summed E-state index contributed by atoms with van der Waals surface area (Å²) >= 11 is 0. The number of aromatic hydroxyl groups is 1. The fourth-order valence-corrected chi connectivity index (χ4v) is 7.21. The first-order valence-electron chi connectivity index (χ1n) is 11.5. The molecule has 1 aromatic carbocycles. The summed E-state index contributed by atoms with van der Waals surface area (Å²) in [4.78, 5) is 28.9. The summed E-state index contributed by atoms with van der Waals surface area (Å²) in [5.41, 5.74) is -2.06. The van der Waals surface area contributed by atoms with E-state index < -0.39 is 22.5 Å². The van der Waals surface area contributed by atoms with E-state index in [4.69, 9.17) is 4.74 Å². The van der Waals surface area contributed by atoms with E-state index in [0.717, 1.165) is 12.0 Å². The third-order valence-corrected chi connectivity index (χ3v) is 8.37. The molecule has 6 rings (SSSR count). The second-order valence-electron chi connectivity index (χ2n) is 10.9. The Morgan fingerprint density at radius 2 is 1.81 bits per heavy atom. The number of fused-ring (bicyclic) bond motifs is 7. The number of hydrogen-bond acceptors (Lipinski definition) is 5. The molecule has 0 unspecified atom stereocenters. The second-order valence-corrected chi connectivity index (χ2v) is 10.9. The van der Waals surface area contributed by atoms with Crippen molar-refractivity contribution >= 4 is 11.6 Å². The molecule has 2 N–H and O–H groups in total. The van der Waals surface area contributed by atoms with E-state index in [1.165, 1.54) is 0 Å². The minimum Gasteiger partial charge on any atom is -0.508 e. The van der Waals surface area contributed by atoms with Crippen LogP contribution in [0.5, 0.6) is 11.5 Å². The molecule has 5 heteroatoms. The largest absolute Gasteiger partial charge is 0.508 e. The Hall–Kier alpha value is -2.66. The average Bonchev–Trinajstić information content (AvgIpc) is 3.32. The normalized spacial score (nSPS) is 41.2. The van der Waals surface area contributed by atoms with Gasteiger partial charge in [0.15, 0.2) is 17.2 Å². The monoisotopic (exact) mass is 432 g/mol. The van der Waals surface area contributed by atoms with Crippen LogP contribution >= 0.6 is 0 Å². The number of ether oxygens (including phenoxy) is 1. The standard InChI is InChI=1S/C27H28O5/c1-14-10-19-18-12-17(28)6-7-20(18)32-27(13-14)24(30)22-16-5-4-15(11-16)21(22)23(29)26(19,27)9-8-25(2,3)31/h4-10,12,15-16,19,21-22,28,31H,11,13H2,1-3H3/b9-8-/t15-,16+,19+,21-,22+,26+,27-/m0/s1. The van der Waals surface area contributed by atoms with Gasteiger partial charge in [-0.05, 0) is 57.2 Å². The Labute approximate surface area is 187 Å². The van der Waals surface area contributed by atoms with E-state index in [1.807, 2.05) is 6.92 Å². The van der Waals surface area contributed by atoms with E-state index >= 15 is 0 Å². The number of phenolic OH excluding ortho intramolecular Hbond substituents is 1. The van der Waals surface area contributed by atoms with Gasteiger partial charge >= 0.3 is 0 Å². The van der Waals surface area contributed by atoms with Crippen LogP contribution in [-0.2, 0) is 9.59 Å². The first kappa shape index (κ1) is 20.0. The summed E-state index contributed by atoms with van der Waals surface area (Å²) in [5, 5.41) is 20.8. The molecule has 166 valence electrons. The number of carbonyl (C=O) groups is 2. The number of ketones is 2. The molecule has 2 saturated carbocycles. The zero-order valence-electron chi connectivity index (χ0n) is 18.5. The predicted molar refractivity (Wildman–Crippen MR) is 118 cm³/mol. The summed E-state index contributed by atoms with van der Waals surface area (Å²) in [6.07, 6.45) is 10.8. The van der Waals surface area contributed by atoms with Crippen LogP contribution < -0.4 is 4.74 Å². The highest BCUT2D eigenvalue weighted by atomic mass is 16.5. The van der Waals surface area contributed by atoms with Gasteiger partial charge < -0.3 is 14.9 Å². The maximum Gasteiger partial charge on any atom is 0.187 e. The minimum absolute atomic E-state index is 0.00974. The van der Waals surface area contributed by atoms with Crippen LogP contribution in [0.3, 0.4) is 0 Å². The van der Waals surface area contributed by atoms with Gasteiger partial charge in [0.2, 0.25) is 0 Å². The number of aliphatic hydroxyl groups is 1. The molecule has 0 aromatic heterocycles. The van der Waals surface area contributed by atoms with Crippen LogP contribution in [-0.4, -0.2) is 33.0 Å².